The van der Waals surface area contributed by atoms with E-state index in [0.717, 1.165) is 44.2 Å². The predicted octanol–water partition coefficient (Wildman–Crippen LogP) is 3.86. The number of hydrogen-bond donors (Lipinski definition) is 3. The van der Waals surface area contributed by atoms with E-state index in [1.54, 1.807) is 4.90 Å². The van der Waals surface area contributed by atoms with Gasteiger partial charge in [-0.2, -0.15) is 13.2 Å². The minimum atomic E-state index is -5.08. The Labute approximate surface area is 196 Å². The van der Waals surface area contributed by atoms with Crippen LogP contribution in [0.25, 0.3) is 0 Å². The molecule has 0 spiro atoms. The number of nitrogens with two attached hydrogens (primary N) is 1. The van der Waals surface area contributed by atoms with Crippen LogP contribution < -0.4 is 10.5 Å². The van der Waals surface area contributed by atoms with Gasteiger partial charge in [-0.05, 0) is 49.9 Å². The van der Waals surface area contributed by atoms with Crippen LogP contribution in [0.5, 0.6) is 5.75 Å². The number of ether oxygens (including phenoxy) is 1. The Morgan fingerprint density at radius 3 is 2.26 bits per heavy atom. The summed E-state index contributed by atoms with van der Waals surface area (Å²) >= 11 is 0. The van der Waals surface area contributed by atoms with Crippen LogP contribution in [0.3, 0.4) is 0 Å². The Bertz CT molecular complexity index is 801. The fourth-order valence-electron chi connectivity index (χ4n) is 3.38. The van der Waals surface area contributed by atoms with Gasteiger partial charge in [-0.15, -0.1) is 0 Å². The van der Waals surface area contributed by atoms with E-state index in [2.05, 4.69) is 0 Å². The van der Waals surface area contributed by atoms with Crippen LogP contribution >= 0.6 is 0 Å². The molecule has 0 saturated carbocycles. The first-order valence-electron chi connectivity index (χ1n) is 11.3. The second-order valence-electron chi connectivity index (χ2n) is 7.92. The third-order valence-corrected chi connectivity index (χ3v) is 5.18. The quantitative estimate of drug-likeness (QED) is 0.379. The molecule has 0 atom stereocenters. The standard InChI is InChI=1S/C21H32N2O4.C2HF3O2/c22-12-5-3-1-2-4-6-15-27-18-10-9-17-8-7-13-23(14-11-20(24)25)21(26)19(17)16-18;3-2(4,5)1(6)7/h9-10,16H,1-8,11-15,22H2,(H,24,25);(H,6,7). The van der Waals surface area contributed by atoms with Crippen molar-refractivity contribution >= 4 is 17.8 Å². The minimum absolute atomic E-state index is 0.0253. The number of carbonyl (C=O) groups excluding carboxylic acids is 1. The van der Waals surface area contributed by atoms with Gasteiger partial charge in [0.2, 0.25) is 0 Å². The molecule has 4 N–H and O–H groups in total. The normalized spacial score (nSPS) is 13.4. The van der Waals surface area contributed by atoms with Crippen molar-refractivity contribution in [3.05, 3.63) is 29.3 Å². The summed E-state index contributed by atoms with van der Waals surface area (Å²) in [5, 5.41) is 16.0. The van der Waals surface area contributed by atoms with Crippen LogP contribution in [0.1, 0.15) is 67.3 Å². The molecule has 0 saturated heterocycles. The number of hydrogen-bond acceptors (Lipinski definition) is 5. The van der Waals surface area contributed by atoms with Crippen LogP contribution in [-0.4, -0.2) is 65.4 Å². The summed E-state index contributed by atoms with van der Waals surface area (Å²) in [5.74, 6) is -3.01. The van der Waals surface area contributed by atoms with E-state index in [0.29, 0.717) is 24.5 Å². The highest BCUT2D eigenvalue weighted by molar-refractivity contribution is 5.96. The number of carbonyl (C=O) groups is 3. The monoisotopic (exact) mass is 490 g/mol. The maximum Gasteiger partial charge on any atom is 0.490 e. The Hall–Kier alpha value is -2.82. The van der Waals surface area contributed by atoms with E-state index in [4.69, 9.17) is 25.5 Å². The second kappa shape index (κ2) is 15.2. The van der Waals surface area contributed by atoms with Gasteiger partial charge in [-0.25, -0.2) is 4.79 Å². The number of aryl methyl sites for hydroxylation is 1. The molecule has 0 bridgehead atoms. The SMILES string of the molecule is NCCCCCCCCOc1ccc2c(c1)C(=O)N(CCC(=O)O)CCC2.O=C(O)C(F)(F)F. The van der Waals surface area contributed by atoms with Gasteiger partial charge in [-0.3, -0.25) is 9.59 Å². The van der Waals surface area contributed by atoms with Gasteiger partial charge in [0, 0.05) is 18.7 Å². The van der Waals surface area contributed by atoms with Crippen molar-refractivity contribution in [3.8, 4) is 5.75 Å². The highest BCUT2D eigenvalue weighted by Crippen LogP contribution is 2.24. The Morgan fingerprint density at radius 2 is 1.68 bits per heavy atom. The number of unbranched alkanes of at least 4 members (excludes halogenated alkanes) is 5. The molecule has 1 aromatic carbocycles. The largest absolute Gasteiger partial charge is 0.494 e. The highest BCUT2D eigenvalue weighted by Gasteiger charge is 2.38. The van der Waals surface area contributed by atoms with Crippen molar-refractivity contribution < 1.29 is 42.5 Å². The lowest BCUT2D eigenvalue weighted by atomic mass is 10.0. The van der Waals surface area contributed by atoms with Crippen molar-refractivity contribution in [2.24, 2.45) is 5.73 Å². The van der Waals surface area contributed by atoms with Crippen molar-refractivity contribution in [1.82, 2.24) is 4.90 Å². The lowest BCUT2D eigenvalue weighted by Crippen LogP contribution is -2.33. The summed E-state index contributed by atoms with van der Waals surface area (Å²) < 4.78 is 37.6. The van der Waals surface area contributed by atoms with Crippen LogP contribution in [0, 0.1) is 0 Å². The zero-order valence-electron chi connectivity index (χ0n) is 19.1. The average Bonchev–Trinajstić information content (AvgIpc) is 2.92. The van der Waals surface area contributed by atoms with Crippen LogP contribution in [0.15, 0.2) is 18.2 Å². The van der Waals surface area contributed by atoms with Crippen LogP contribution in [0.2, 0.25) is 0 Å². The fourth-order valence-corrected chi connectivity index (χ4v) is 3.38. The molecule has 34 heavy (non-hydrogen) atoms. The van der Waals surface area contributed by atoms with E-state index in [-0.39, 0.29) is 18.9 Å². The Balaban J connectivity index is 0.000000718. The van der Waals surface area contributed by atoms with E-state index < -0.39 is 18.1 Å². The lowest BCUT2D eigenvalue weighted by Gasteiger charge is -2.20. The molecule has 8 nitrogen and oxygen atoms in total. The zero-order chi connectivity index (χ0) is 25.6. The molecule has 11 heteroatoms. The van der Waals surface area contributed by atoms with E-state index >= 15 is 0 Å². The molecule has 0 aliphatic carbocycles. The number of carboxylic acid groups (broad SMARTS) is 2. The second-order valence-corrected chi connectivity index (χ2v) is 7.92. The van der Waals surface area contributed by atoms with Gasteiger partial charge in [0.1, 0.15) is 5.75 Å². The summed E-state index contributed by atoms with van der Waals surface area (Å²) in [6.07, 6.45) is 3.42. The molecule has 0 aromatic heterocycles. The number of nitrogens with zero attached hydrogens (tertiary/aromatic N) is 1. The average molecular weight is 491 g/mol. The molecule has 1 amide bonds. The van der Waals surface area contributed by atoms with Gasteiger partial charge < -0.3 is 25.6 Å². The van der Waals surface area contributed by atoms with Crippen molar-refractivity contribution in [2.45, 2.75) is 64.0 Å². The molecule has 1 aliphatic rings. The summed E-state index contributed by atoms with van der Waals surface area (Å²) in [6.45, 7) is 2.27. The first-order valence-corrected chi connectivity index (χ1v) is 11.3. The van der Waals surface area contributed by atoms with Gasteiger partial charge >= 0.3 is 18.1 Å². The third-order valence-electron chi connectivity index (χ3n) is 5.18. The van der Waals surface area contributed by atoms with Crippen molar-refractivity contribution in [1.29, 1.82) is 0 Å². The van der Waals surface area contributed by atoms with Gasteiger partial charge in [-0.1, -0.05) is 31.7 Å². The van der Waals surface area contributed by atoms with E-state index in [1.807, 2.05) is 18.2 Å². The lowest BCUT2D eigenvalue weighted by molar-refractivity contribution is -0.192. The molecule has 1 heterocycles. The highest BCUT2D eigenvalue weighted by atomic mass is 19.4. The summed E-state index contributed by atoms with van der Waals surface area (Å²) in [5.41, 5.74) is 7.16. The molecular weight excluding hydrogens is 457 g/mol. The number of alkyl halides is 3. The molecule has 0 unspecified atom stereocenters. The summed E-state index contributed by atoms with van der Waals surface area (Å²) in [7, 11) is 0. The Kier molecular flexibility index (Phi) is 13.0. The van der Waals surface area contributed by atoms with Crippen molar-refractivity contribution in [2.75, 3.05) is 26.2 Å². The molecule has 1 aliphatic heterocycles. The number of rotatable bonds is 12. The zero-order valence-corrected chi connectivity index (χ0v) is 19.1. The Morgan fingerprint density at radius 1 is 1.06 bits per heavy atom. The fraction of sp³-hybridized carbons (Fsp3) is 0.609. The summed E-state index contributed by atoms with van der Waals surface area (Å²) in [6, 6.07) is 5.72. The molecule has 0 radical (unpaired) electrons. The van der Waals surface area contributed by atoms with Crippen LogP contribution in [-0.2, 0) is 16.0 Å². The van der Waals surface area contributed by atoms with E-state index in [9.17, 15) is 22.8 Å². The van der Waals surface area contributed by atoms with Crippen LogP contribution in [0.4, 0.5) is 13.2 Å². The maximum absolute atomic E-state index is 12.8. The number of aliphatic carboxylic acids is 2. The maximum atomic E-state index is 12.8. The molecule has 1 aromatic rings. The number of amides is 1. The summed E-state index contributed by atoms with van der Waals surface area (Å²) in [4.78, 5) is 34.1. The molecule has 2 rings (SSSR count). The number of halogens is 3. The predicted molar refractivity (Wildman–Crippen MR) is 119 cm³/mol. The van der Waals surface area contributed by atoms with Crippen molar-refractivity contribution in [3.63, 3.8) is 0 Å². The van der Waals surface area contributed by atoms with E-state index in [1.165, 1.54) is 19.3 Å². The van der Waals surface area contributed by atoms with Gasteiger partial charge in [0.25, 0.3) is 5.91 Å². The first kappa shape index (κ1) is 29.2. The van der Waals surface area contributed by atoms with Gasteiger partial charge in [0.05, 0.1) is 13.0 Å². The first-order chi connectivity index (χ1) is 16.1. The molecular formula is C23H33F3N2O6. The third kappa shape index (κ3) is 11.4. The topological polar surface area (TPSA) is 130 Å². The minimum Gasteiger partial charge on any atom is -0.494 e. The molecule has 192 valence electrons. The number of carboxylic acids is 2. The number of benzene rings is 1. The number of fused-ring (bicyclic) bond motifs is 1. The smallest absolute Gasteiger partial charge is 0.490 e. The molecule has 0 fully saturated rings. The van der Waals surface area contributed by atoms with Gasteiger partial charge in [0.15, 0.2) is 0 Å².